The zero-order chi connectivity index (χ0) is 13.2. The number of nitriles is 1. The van der Waals surface area contributed by atoms with Crippen molar-refractivity contribution in [1.29, 1.82) is 5.26 Å². The van der Waals surface area contributed by atoms with Gasteiger partial charge < -0.3 is 5.32 Å². The third-order valence-corrected chi connectivity index (χ3v) is 4.73. The zero-order valence-corrected chi connectivity index (χ0v) is 11.8. The molecule has 96 valence electrons. The fourth-order valence-corrected chi connectivity index (χ4v) is 3.74. The van der Waals surface area contributed by atoms with E-state index in [2.05, 4.69) is 42.6 Å². The smallest absolute Gasteiger partial charge is 0.110 e. The molecule has 0 fully saturated rings. The summed E-state index contributed by atoms with van der Waals surface area (Å²) in [6, 6.07) is 13.2. The third-order valence-electron chi connectivity index (χ3n) is 3.70. The number of benzene rings is 1. The highest BCUT2D eigenvalue weighted by Crippen LogP contribution is 2.39. The Hall–Kier alpha value is -1.63. The van der Waals surface area contributed by atoms with Crippen LogP contribution in [0.1, 0.15) is 35.4 Å². The Morgan fingerprint density at radius 3 is 3.00 bits per heavy atom. The van der Waals surface area contributed by atoms with Gasteiger partial charge in [0.25, 0.3) is 0 Å². The minimum atomic E-state index is 0.496. The molecule has 0 saturated heterocycles. The van der Waals surface area contributed by atoms with E-state index >= 15 is 0 Å². The summed E-state index contributed by atoms with van der Waals surface area (Å²) in [5.41, 5.74) is 4.20. The molecule has 3 heteroatoms. The predicted octanol–water partition coefficient (Wildman–Crippen LogP) is 3.88. The van der Waals surface area contributed by atoms with E-state index in [0.29, 0.717) is 6.04 Å². The molecule has 2 aromatic rings. The second kappa shape index (κ2) is 5.16. The number of thiophene rings is 1. The standard InChI is InChI=1S/C16H16N2S/c1-2-18-15-8-7-12-13(15)4-3-5-14(12)16-9-6-11(10-17)19-16/h3-6,9,15,18H,2,7-8H2,1H3. The van der Waals surface area contributed by atoms with Gasteiger partial charge >= 0.3 is 0 Å². The van der Waals surface area contributed by atoms with Crippen molar-refractivity contribution in [2.45, 2.75) is 25.8 Å². The Kier molecular flexibility index (Phi) is 3.37. The maximum absolute atomic E-state index is 8.95. The number of hydrogen-bond donors (Lipinski definition) is 1. The summed E-state index contributed by atoms with van der Waals surface area (Å²) in [6.07, 6.45) is 2.31. The summed E-state index contributed by atoms with van der Waals surface area (Å²) >= 11 is 1.59. The third kappa shape index (κ3) is 2.18. The summed E-state index contributed by atoms with van der Waals surface area (Å²) < 4.78 is 0. The van der Waals surface area contributed by atoms with E-state index in [9.17, 15) is 0 Å². The molecule has 1 N–H and O–H groups in total. The molecule has 1 heterocycles. The lowest BCUT2D eigenvalue weighted by Crippen LogP contribution is -2.18. The number of hydrogen-bond acceptors (Lipinski definition) is 3. The highest BCUT2D eigenvalue weighted by molar-refractivity contribution is 7.16. The van der Waals surface area contributed by atoms with Gasteiger partial charge in [0, 0.05) is 10.9 Å². The summed E-state index contributed by atoms with van der Waals surface area (Å²) in [4.78, 5) is 2.00. The van der Waals surface area contributed by atoms with E-state index in [0.717, 1.165) is 17.8 Å². The van der Waals surface area contributed by atoms with E-state index < -0.39 is 0 Å². The minimum Gasteiger partial charge on any atom is -0.310 e. The largest absolute Gasteiger partial charge is 0.310 e. The maximum Gasteiger partial charge on any atom is 0.110 e. The molecular formula is C16H16N2S. The Morgan fingerprint density at radius 2 is 2.26 bits per heavy atom. The van der Waals surface area contributed by atoms with Crippen LogP contribution in [0.3, 0.4) is 0 Å². The molecule has 1 atom stereocenters. The van der Waals surface area contributed by atoms with Crippen LogP contribution in [-0.2, 0) is 6.42 Å². The van der Waals surface area contributed by atoms with E-state index in [1.54, 1.807) is 11.3 Å². The summed E-state index contributed by atoms with van der Waals surface area (Å²) in [5, 5.41) is 12.5. The summed E-state index contributed by atoms with van der Waals surface area (Å²) in [7, 11) is 0. The first kappa shape index (κ1) is 12.4. The topological polar surface area (TPSA) is 35.8 Å². The van der Waals surface area contributed by atoms with Gasteiger partial charge in [0.15, 0.2) is 0 Å². The van der Waals surface area contributed by atoms with Gasteiger partial charge in [-0.2, -0.15) is 5.26 Å². The minimum absolute atomic E-state index is 0.496. The summed E-state index contributed by atoms with van der Waals surface area (Å²) in [5.74, 6) is 0. The average Bonchev–Trinajstić information content (AvgIpc) is 3.06. The van der Waals surface area contributed by atoms with Crippen molar-refractivity contribution in [2.24, 2.45) is 0 Å². The van der Waals surface area contributed by atoms with Crippen LogP contribution in [0.2, 0.25) is 0 Å². The van der Waals surface area contributed by atoms with Gasteiger partial charge in [0.2, 0.25) is 0 Å². The van der Waals surface area contributed by atoms with Crippen LogP contribution in [0.4, 0.5) is 0 Å². The maximum atomic E-state index is 8.95. The Bertz CT molecular complexity index is 636. The molecule has 0 aliphatic heterocycles. The first-order valence-corrected chi connectivity index (χ1v) is 7.50. The molecule has 3 rings (SSSR count). The van der Waals surface area contributed by atoms with Crippen molar-refractivity contribution >= 4 is 11.3 Å². The van der Waals surface area contributed by atoms with Gasteiger partial charge in [0.05, 0.1) is 0 Å². The van der Waals surface area contributed by atoms with E-state index in [1.165, 1.54) is 28.0 Å². The zero-order valence-electron chi connectivity index (χ0n) is 10.9. The highest BCUT2D eigenvalue weighted by atomic mass is 32.1. The van der Waals surface area contributed by atoms with Crippen LogP contribution < -0.4 is 5.32 Å². The van der Waals surface area contributed by atoms with Crippen molar-refractivity contribution in [3.8, 4) is 16.5 Å². The predicted molar refractivity (Wildman–Crippen MR) is 79.2 cm³/mol. The molecule has 2 nitrogen and oxygen atoms in total. The molecule has 1 unspecified atom stereocenters. The average molecular weight is 268 g/mol. The van der Waals surface area contributed by atoms with Gasteiger partial charge in [-0.15, -0.1) is 11.3 Å². The molecule has 19 heavy (non-hydrogen) atoms. The fraction of sp³-hybridized carbons (Fsp3) is 0.312. The van der Waals surface area contributed by atoms with Gasteiger partial charge in [-0.1, -0.05) is 25.1 Å². The lowest BCUT2D eigenvalue weighted by atomic mass is 10.0. The molecular weight excluding hydrogens is 252 g/mol. The molecule has 1 aromatic carbocycles. The lowest BCUT2D eigenvalue weighted by Gasteiger charge is -2.13. The molecule has 0 bridgehead atoms. The van der Waals surface area contributed by atoms with Crippen LogP contribution in [-0.4, -0.2) is 6.54 Å². The normalized spacial score (nSPS) is 17.2. The van der Waals surface area contributed by atoms with Crippen LogP contribution in [0.15, 0.2) is 30.3 Å². The summed E-state index contributed by atoms with van der Waals surface area (Å²) in [6.45, 7) is 3.16. The fourth-order valence-electron chi connectivity index (χ4n) is 2.89. The number of nitrogens with zero attached hydrogens (tertiary/aromatic N) is 1. The quantitative estimate of drug-likeness (QED) is 0.917. The molecule has 0 spiro atoms. The first-order chi connectivity index (χ1) is 9.33. The molecule has 1 aromatic heterocycles. The highest BCUT2D eigenvalue weighted by Gasteiger charge is 2.24. The Balaban J connectivity index is 2.03. The Morgan fingerprint density at radius 1 is 1.37 bits per heavy atom. The van der Waals surface area contributed by atoms with Crippen LogP contribution >= 0.6 is 11.3 Å². The van der Waals surface area contributed by atoms with E-state index in [-0.39, 0.29) is 0 Å². The van der Waals surface area contributed by atoms with Crippen molar-refractivity contribution in [2.75, 3.05) is 6.54 Å². The number of rotatable bonds is 3. The Labute approximate surface area is 117 Å². The van der Waals surface area contributed by atoms with Gasteiger partial charge in [-0.05, 0) is 48.2 Å². The van der Waals surface area contributed by atoms with Crippen LogP contribution in [0, 0.1) is 11.3 Å². The molecule has 1 aliphatic carbocycles. The monoisotopic (exact) mass is 268 g/mol. The second-order valence-corrected chi connectivity index (χ2v) is 5.88. The van der Waals surface area contributed by atoms with Crippen molar-refractivity contribution < 1.29 is 0 Å². The van der Waals surface area contributed by atoms with Crippen molar-refractivity contribution in [3.63, 3.8) is 0 Å². The molecule has 1 aliphatic rings. The number of nitrogens with one attached hydrogen (secondary N) is 1. The molecule has 0 amide bonds. The second-order valence-electron chi connectivity index (χ2n) is 4.80. The van der Waals surface area contributed by atoms with Crippen molar-refractivity contribution in [1.82, 2.24) is 5.32 Å². The molecule has 0 radical (unpaired) electrons. The van der Waals surface area contributed by atoms with Gasteiger partial charge in [-0.3, -0.25) is 0 Å². The SMILES string of the molecule is CCNC1CCc2c(-c3ccc(C#N)s3)cccc21. The van der Waals surface area contributed by atoms with Gasteiger partial charge in [0.1, 0.15) is 10.9 Å². The van der Waals surface area contributed by atoms with Crippen LogP contribution in [0.25, 0.3) is 10.4 Å². The van der Waals surface area contributed by atoms with Crippen molar-refractivity contribution in [3.05, 3.63) is 46.3 Å². The molecule has 0 saturated carbocycles. The van der Waals surface area contributed by atoms with Gasteiger partial charge in [-0.25, -0.2) is 0 Å². The van der Waals surface area contributed by atoms with Crippen LogP contribution in [0.5, 0.6) is 0 Å². The first-order valence-electron chi connectivity index (χ1n) is 6.69. The van der Waals surface area contributed by atoms with E-state index in [4.69, 9.17) is 5.26 Å². The lowest BCUT2D eigenvalue weighted by molar-refractivity contribution is 0.549. The van der Waals surface area contributed by atoms with E-state index in [1.807, 2.05) is 6.07 Å². The number of fused-ring (bicyclic) bond motifs is 1.